The first kappa shape index (κ1) is 24.3. The second-order valence-corrected chi connectivity index (χ2v) is 8.94. The molecule has 1 aliphatic rings. The number of hydrogen-bond donors (Lipinski definition) is 0. The van der Waals surface area contributed by atoms with Crippen molar-refractivity contribution in [2.75, 3.05) is 37.6 Å². The molecule has 2 aromatic rings. The van der Waals surface area contributed by atoms with Gasteiger partial charge in [-0.15, -0.1) is 0 Å². The van der Waals surface area contributed by atoms with Crippen molar-refractivity contribution in [2.24, 2.45) is 0 Å². The highest BCUT2D eigenvalue weighted by atomic mass is 16.2. The minimum absolute atomic E-state index is 0.212. The fourth-order valence-corrected chi connectivity index (χ4v) is 4.43. The molecule has 0 saturated carbocycles. The molecular weight excluding hydrogens is 398 g/mol. The van der Waals surface area contributed by atoms with E-state index in [1.165, 1.54) is 5.56 Å². The predicted molar refractivity (Wildman–Crippen MR) is 132 cm³/mol. The van der Waals surface area contributed by atoms with E-state index < -0.39 is 0 Å². The summed E-state index contributed by atoms with van der Waals surface area (Å²) in [6, 6.07) is 10.6. The molecule has 1 atom stereocenters. The zero-order chi connectivity index (χ0) is 23.1. The molecule has 0 bridgehead atoms. The molecule has 176 valence electrons. The zero-order valence-electron chi connectivity index (χ0n) is 20.7. The minimum atomic E-state index is 0.212. The number of amides is 1. The Hall–Kier alpha value is -2.34. The molecule has 6 heteroatoms. The molecule has 0 aliphatic carbocycles. The van der Waals surface area contributed by atoms with Gasteiger partial charge in [0.25, 0.3) is 0 Å². The number of rotatable bonds is 10. The monoisotopic (exact) mass is 439 g/mol. The van der Waals surface area contributed by atoms with E-state index in [4.69, 9.17) is 5.10 Å². The Morgan fingerprint density at radius 3 is 2.38 bits per heavy atom. The normalized spacial score (nSPS) is 15.7. The van der Waals surface area contributed by atoms with Gasteiger partial charge in [-0.3, -0.25) is 4.79 Å². The van der Waals surface area contributed by atoms with Crippen molar-refractivity contribution >= 4 is 11.7 Å². The van der Waals surface area contributed by atoms with Gasteiger partial charge < -0.3 is 14.7 Å². The summed E-state index contributed by atoms with van der Waals surface area (Å²) < 4.78 is 2.09. The van der Waals surface area contributed by atoms with Crippen LogP contribution >= 0.6 is 0 Å². The van der Waals surface area contributed by atoms with Crippen molar-refractivity contribution < 1.29 is 4.79 Å². The van der Waals surface area contributed by atoms with Gasteiger partial charge in [0, 0.05) is 44.2 Å². The van der Waals surface area contributed by atoms with Crippen molar-refractivity contribution in [1.82, 2.24) is 19.6 Å². The van der Waals surface area contributed by atoms with Crippen LogP contribution in [-0.2, 0) is 11.3 Å². The summed E-state index contributed by atoms with van der Waals surface area (Å²) in [6.07, 6.45) is 3.56. The summed E-state index contributed by atoms with van der Waals surface area (Å²) in [5, 5.41) is 4.98. The fourth-order valence-electron chi connectivity index (χ4n) is 4.43. The molecule has 1 aliphatic heterocycles. The van der Waals surface area contributed by atoms with Crippen molar-refractivity contribution in [3.05, 3.63) is 41.6 Å². The highest BCUT2D eigenvalue weighted by Gasteiger charge is 2.28. The largest absolute Gasteiger partial charge is 0.354 e. The number of benzene rings is 1. The van der Waals surface area contributed by atoms with E-state index >= 15 is 0 Å². The predicted octanol–water partition coefficient (Wildman–Crippen LogP) is 4.64. The van der Waals surface area contributed by atoms with Gasteiger partial charge in [-0.25, -0.2) is 4.68 Å². The summed E-state index contributed by atoms with van der Waals surface area (Å²) >= 11 is 0. The standard InChI is InChI=1S/C26H41N5O/c1-6-9-15-25(32)30(21(4)7-2)20-24-22(5)27-31(23-13-11-10-12-14-23)26(24)29-18-16-28(8-3)17-19-29/h10-14,21H,6-9,15-20H2,1-5H3. The first-order valence-corrected chi connectivity index (χ1v) is 12.4. The van der Waals surface area contributed by atoms with Crippen LogP contribution in [0.1, 0.15) is 64.6 Å². The van der Waals surface area contributed by atoms with E-state index in [1.807, 2.05) is 6.07 Å². The Labute approximate surface area is 194 Å². The second-order valence-electron chi connectivity index (χ2n) is 8.94. The molecule has 1 amide bonds. The third-order valence-corrected chi connectivity index (χ3v) is 6.79. The van der Waals surface area contributed by atoms with Gasteiger partial charge in [-0.2, -0.15) is 5.10 Å². The van der Waals surface area contributed by atoms with Gasteiger partial charge in [-0.1, -0.05) is 45.4 Å². The number of likely N-dealkylation sites (N-methyl/N-ethyl adjacent to an activating group) is 1. The Morgan fingerprint density at radius 1 is 1.09 bits per heavy atom. The Morgan fingerprint density at radius 2 is 1.78 bits per heavy atom. The van der Waals surface area contributed by atoms with Crippen molar-refractivity contribution in [3.8, 4) is 5.69 Å². The van der Waals surface area contributed by atoms with Gasteiger partial charge in [0.05, 0.1) is 17.9 Å². The first-order valence-electron chi connectivity index (χ1n) is 12.4. The highest BCUT2D eigenvalue weighted by molar-refractivity contribution is 5.77. The lowest BCUT2D eigenvalue weighted by Gasteiger charge is -2.37. The number of aryl methyl sites for hydroxylation is 1. The third-order valence-electron chi connectivity index (χ3n) is 6.79. The minimum Gasteiger partial charge on any atom is -0.354 e. The van der Waals surface area contributed by atoms with Gasteiger partial charge >= 0.3 is 0 Å². The van der Waals surface area contributed by atoms with Gasteiger partial charge in [0.15, 0.2) is 0 Å². The number of anilines is 1. The average molecular weight is 440 g/mol. The van der Waals surface area contributed by atoms with Gasteiger partial charge in [0.1, 0.15) is 5.82 Å². The molecule has 1 aromatic carbocycles. The molecule has 2 heterocycles. The number of unbranched alkanes of at least 4 members (excludes halogenated alkanes) is 1. The van der Waals surface area contributed by atoms with E-state index in [-0.39, 0.29) is 11.9 Å². The van der Waals surface area contributed by atoms with Crippen LogP contribution in [0.15, 0.2) is 30.3 Å². The summed E-state index contributed by atoms with van der Waals surface area (Å²) in [5.74, 6) is 1.41. The Bertz CT molecular complexity index is 855. The van der Waals surface area contributed by atoms with Crippen LogP contribution in [0.25, 0.3) is 5.69 Å². The van der Waals surface area contributed by atoms with Crippen molar-refractivity contribution in [2.45, 2.75) is 72.9 Å². The SMILES string of the molecule is CCCCC(=O)N(Cc1c(C)nn(-c2ccccc2)c1N1CCN(CC)CC1)C(C)CC. The molecule has 32 heavy (non-hydrogen) atoms. The molecule has 1 saturated heterocycles. The molecule has 1 unspecified atom stereocenters. The molecule has 0 spiro atoms. The molecule has 0 N–H and O–H groups in total. The Kier molecular flexibility index (Phi) is 8.74. The molecule has 3 rings (SSSR count). The topological polar surface area (TPSA) is 44.6 Å². The Balaban J connectivity index is 2.00. The zero-order valence-corrected chi connectivity index (χ0v) is 20.7. The van der Waals surface area contributed by atoms with E-state index in [0.29, 0.717) is 13.0 Å². The molecular formula is C26H41N5O. The van der Waals surface area contributed by atoms with Crippen molar-refractivity contribution in [3.63, 3.8) is 0 Å². The maximum Gasteiger partial charge on any atom is 0.223 e. The molecule has 1 aromatic heterocycles. The molecule has 6 nitrogen and oxygen atoms in total. The lowest BCUT2D eigenvalue weighted by atomic mass is 10.1. The number of piperazine rings is 1. The first-order chi connectivity index (χ1) is 15.5. The summed E-state index contributed by atoms with van der Waals surface area (Å²) in [4.78, 5) is 20.2. The summed E-state index contributed by atoms with van der Waals surface area (Å²) in [5.41, 5.74) is 3.27. The van der Waals surface area contributed by atoms with Crippen LogP contribution in [-0.4, -0.2) is 64.3 Å². The maximum atomic E-state index is 13.1. The van der Waals surface area contributed by atoms with E-state index in [2.05, 4.69) is 78.3 Å². The van der Waals surface area contributed by atoms with Gasteiger partial charge in [-0.05, 0) is 45.4 Å². The van der Waals surface area contributed by atoms with E-state index in [0.717, 1.165) is 69.2 Å². The van der Waals surface area contributed by atoms with Crippen LogP contribution in [0.2, 0.25) is 0 Å². The van der Waals surface area contributed by atoms with Gasteiger partial charge in [0.2, 0.25) is 5.91 Å². The van der Waals surface area contributed by atoms with Crippen LogP contribution in [0.5, 0.6) is 0 Å². The van der Waals surface area contributed by atoms with Crippen LogP contribution in [0.3, 0.4) is 0 Å². The third kappa shape index (κ3) is 5.52. The summed E-state index contributed by atoms with van der Waals surface area (Å²) in [7, 11) is 0. The fraction of sp³-hybridized carbons (Fsp3) is 0.615. The van der Waals surface area contributed by atoms with Crippen LogP contribution < -0.4 is 4.90 Å². The van der Waals surface area contributed by atoms with E-state index in [9.17, 15) is 4.79 Å². The number of carbonyl (C=O) groups excluding carboxylic acids is 1. The summed E-state index contributed by atoms with van der Waals surface area (Å²) in [6.45, 7) is 16.6. The molecule has 1 fully saturated rings. The number of carbonyl (C=O) groups is 1. The van der Waals surface area contributed by atoms with Crippen LogP contribution in [0.4, 0.5) is 5.82 Å². The molecule has 0 radical (unpaired) electrons. The number of para-hydroxylation sites is 1. The maximum absolute atomic E-state index is 13.1. The number of hydrogen-bond acceptors (Lipinski definition) is 4. The second kappa shape index (κ2) is 11.5. The van der Waals surface area contributed by atoms with E-state index in [1.54, 1.807) is 0 Å². The number of aromatic nitrogens is 2. The number of nitrogens with zero attached hydrogens (tertiary/aromatic N) is 5. The van der Waals surface area contributed by atoms with Crippen molar-refractivity contribution in [1.29, 1.82) is 0 Å². The lowest BCUT2D eigenvalue weighted by Crippen LogP contribution is -2.47. The highest BCUT2D eigenvalue weighted by Crippen LogP contribution is 2.30. The van der Waals surface area contributed by atoms with Crippen LogP contribution in [0, 0.1) is 6.92 Å². The quantitative estimate of drug-likeness (QED) is 0.541. The smallest absolute Gasteiger partial charge is 0.223 e. The lowest BCUT2D eigenvalue weighted by molar-refractivity contribution is -0.134. The average Bonchev–Trinajstić information content (AvgIpc) is 3.16.